The quantitative estimate of drug-likeness (QED) is 0.883. The van der Waals surface area contributed by atoms with E-state index >= 15 is 0 Å². The number of aromatic nitrogens is 2. The van der Waals surface area contributed by atoms with Crippen molar-refractivity contribution in [1.29, 1.82) is 0 Å². The van der Waals surface area contributed by atoms with Crippen LogP contribution in [0.15, 0.2) is 18.2 Å². The molecule has 1 aromatic carbocycles. The average Bonchev–Trinajstić information content (AvgIpc) is 2.64. The fraction of sp³-hybridized carbons (Fsp3) is 0.385. The molecule has 1 aromatic heterocycles. The molecule has 0 bridgehead atoms. The van der Waals surface area contributed by atoms with E-state index in [1.54, 1.807) is 6.92 Å². The summed E-state index contributed by atoms with van der Waals surface area (Å²) < 4.78 is 1.84. The van der Waals surface area contributed by atoms with Crippen LogP contribution in [0.5, 0.6) is 0 Å². The SMILES string of the molecule is CCc1nn(C)c2ccc(C(C)C(=O)O)cc12. The van der Waals surface area contributed by atoms with Crippen LogP contribution in [0.1, 0.15) is 31.0 Å². The number of hydrogen-bond donors (Lipinski definition) is 1. The Hall–Kier alpha value is -1.84. The summed E-state index contributed by atoms with van der Waals surface area (Å²) in [6, 6.07) is 5.75. The molecule has 0 fully saturated rings. The summed E-state index contributed by atoms with van der Waals surface area (Å²) in [5.74, 6) is -1.28. The molecule has 0 saturated carbocycles. The topological polar surface area (TPSA) is 55.1 Å². The minimum Gasteiger partial charge on any atom is -0.481 e. The average molecular weight is 232 g/mol. The Labute approximate surface area is 99.9 Å². The predicted molar refractivity (Wildman–Crippen MR) is 66.1 cm³/mol. The van der Waals surface area contributed by atoms with Gasteiger partial charge in [0.05, 0.1) is 17.1 Å². The van der Waals surface area contributed by atoms with Gasteiger partial charge in [0.2, 0.25) is 0 Å². The van der Waals surface area contributed by atoms with Crippen LogP contribution in [0.2, 0.25) is 0 Å². The van der Waals surface area contributed by atoms with Gasteiger partial charge in [0, 0.05) is 12.4 Å². The van der Waals surface area contributed by atoms with Crippen molar-refractivity contribution in [1.82, 2.24) is 9.78 Å². The van der Waals surface area contributed by atoms with Crippen molar-refractivity contribution in [2.24, 2.45) is 7.05 Å². The summed E-state index contributed by atoms with van der Waals surface area (Å²) >= 11 is 0. The van der Waals surface area contributed by atoms with Gasteiger partial charge in [-0.25, -0.2) is 0 Å². The van der Waals surface area contributed by atoms with Gasteiger partial charge in [0.1, 0.15) is 0 Å². The minimum absolute atomic E-state index is 0.482. The molecule has 4 heteroatoms. The number of benzene rings is 1. The van der Waals surface area contributed by atoms with Crippen LogP contribution in [0.25, 0.3) is 10.9 Å². The smallest absolute Gasteiger partial charge is 0.310 e. The maximum atomic E-state index is 11.0. The predicted octanol–water partition coefficient (Wildman–Crippen LogP) is 2.32. The van der Waals surface area contributed by atoms with E-state index < -0.39 is 11.9 Å². The number of aryl methyl sites for hydroxylation is 2. The highest BCUT2D eigenvalue weighted by atomic mass is 16.4. The molecule has 0 aliphatic carbocycles. The number of carboxylic acid groups (broad SMARTS) is 1. The molecule has 1 N–H and O–H groups in total. The first-order valence-corrected chi connectivity index (χ1v) is 5.73. The molecule has 2 aromatic rings. The van der Waals surface area contributed by atoms with E-state index in [-0.39, 0.29) is 0 Å². The van der Waals surface area contributed by atoms with E-state index in [0.717, 1.165) is 28.6 Å². The number of rotatable bonds is 3. The van der Waals surface area contributed by atoms with Gasteiger partial charge in [-0.05, 0) is 31.0 Å². The zero-order valence-electron chi connectivity index (χ0n) is 10.3. The maximum Gasteiger partial charge on any atom is 0.310 e. The largest absolute Gasteiger partial charge is 0.481 e. The highest BCUT2D eigenvalue weighted by Gasteiger charge is 2.15. The highest BCUT2D eigenvalue weighted by molar-refractivity contribution is 5.85. The standard InChI is InChI=1S/C13H16N2O2/c1-4-11-10-7-9(8(2)13(16)17)5-6-12(10)15(3)14-11/h5-8H,4H2,1-3H3,(H,16,17). The first kappa shape index (κ1) is 11.6. The van der Waals surface area contributed by atoms with Gasteiger partial charge < -0.3 is 5.11 Å². The lowest BCUT2D eigenvalue weighted by atomic mass is 9.99. The first-order chi connectivity index (χ1) is 8.04. The van der Waals surface area contributed by atoms with Gasteiger partial charge in [0.15, 0.2) is 0 Å². The third-order valence-corrected chi connectivity index (χ3v) is 3.16. The van der Waals surface area contributed by atoms with Crippen LogP contribution in [-0.2, 0) is 18.3 Å². The molecule has 0 radical (unpaired) electrons. The van der Waals surface area contributed by atoms with Crippen LogP contribution < -0.4 is 0 Å². The summed E-state index contributed by atoms with van der Waals surface area (Å²) in [6.45, 7) is 3.75. The van der Waals surface area contributed by atoms with Gasteiger partial charge in [-0.15, -0.1) is 0 Å². The fourth-order valence-corrected chi connectivity index (χ4v) is 2.03. The van der Waals surface area contributed by atoms with E-state index in [0.29, 0.717) is 0 Å². The molecule has 17 heavy (non-hydrogen) atoms. The van der Waals surface area contributed by atoms with Crippen LogP contribution in [0.4, 0.5) is 0 Å². The van der Waals surface area contributed by atoms with E-state index in [4.69, 9.17) is 5.11 Å². The zero-order chi connectivity index (χ0) is 12.6. The molecule has 0 aliphatic heterocycles. The fourth-order valence-electron chi connectivity index (χ4n) is 2.03. The molecule has 90 valence electrons. The summed E-state index contributed by atoms with van der Waals surface area (Å²) in [6.07, 6.45) is 0.849. The lowest BCUT2D eigenvalue weighted by molar-refractivity contribution is -0.138. The molecular formula is C13H16N2O2. The van der Waals surface area contributed by atoms with Crippen molar-refractivity contribution in [3.8, 4) is 0 Å². The van der Waals surface area contributed by atoms with E-state index in [1.165, 1.54) is 0 Å². The molecular weight excluding hydrogens is 216 g/mol. The highest BCUT2D eigenvalue weighted by Crippen LogP contribution is 2.24. The van der Waals surface area contributed by atoms with Crippen molar-refractivity contribution >= 4 is 16.9 Å². The second kappa shape index (κ2) is 4.20. The van der Waals surface area contributed by atoms with Crippen LogP contribution in [-0.4, -0.2) is 20.9 Å². The monoisotopic (exact) mass is 232 g/mol. The second-order valence-electron chi connectivity index (χ2n) is 4.26. The van der Waals surface area contributed by atoms with Crippen molar-refractivity contribution in [3.05, 3.63) is 29.5 Å². The summed E-state index contributed by atoms with van der Waals surface area (Å²) in [5.41, 5.74) is 2.89. The Balaban J connectivity index is 2.60. The number of fused-ring (bicyclic) bond motifs is 1. The second-order valence-corrected chi connectivity index (χ2v) is 4.26. The van der Waals surface area contributed by atoms with Gasteiger partial charge >= 0.3 is 5.97 Å². The molecule has 1 heterocycles. The molecule has 2 rings (SSSR count). The summed E-state index contributed by atoms with van der Waals surface area (Å²) in [7, 11) is 1.90. The van der Waals surface area contributed by atoms with E-state index in [1.807, 2.05) is 29.9 Å². The number of nitrogens with zero attached hydrogens (tertiary/aromatic N) is 2. The summed E-state index contributed by atoms with van der Waals surface area (Å²) in [5, 5.41) is 14.5. The molecule has 0 spiro atoms. The maximum absolute atomic E-state index is 11.0. The number of carbonyl (C=O) groups is 1. The van der Waals surface area contributed by atoms with E-state index in [9.17, 15) is 4.79 Å². The van der Waals surface area contributed by atoms with Crippen LogP contribution in [0.3, 0.4) is 0 Å². The third-order valence-electron chi connectivity index (χ3n) is 3.16. The Kier molecular flexibility index (Phi) is 2.88. The molecule has 0 saturated heterocycles. The van der Waals surface area contributed by atoms with Gasteiger partial charge in [-0.2, -0.15) is 5.10 Å². The van der Waals surface area contributed by atoms with Crippen LogP contribution >= 0.6 is 0 Å². The van der Waals surface area contributed by atoms with Crippen molar-refractivity contribution < 1.29 is 9.90 Å². The Morgan fingerprint density at radius 3 is 2.82 bits per heavy atom. The van der Waals surface area contributed by atoms with Crippen molar-refractivity contribution in [2.45, 2.75) is 26.2 Å². The van der Waals surface area contributed by atoms with Crippen molar-refractivity contribution in [2.75, 3.05) is 0 Å². The van der Waals surface area contributed by atoms with Crippen LogP contribution in [0, 0.1) is 0 Å². The van der Waals surface area contributed by atoms with Gasteiger partial charge in [-0.1, -0.05) is 13.0 Å². The minimum atomic E-state index is -0.800. The third kappa shape index (κ3) is 1.90. The number of carboxylic acids is 1. The zero-order valence-corrected chi connectivity index (χ0v) is 10.3. The molecule has 1 unspecified atom stereocenters. The Morgan fingerprint density at radius 2 is 2.24 bits per heavy atom. The van der Waals surface area contributed by atoms with Gasteiger partial charge in [-0.3, -0.25) is 9.48 Å². The van der Waals surface area contributed by atoms with Gasteiger partial charge in [0.25, 0.3) is 0 Å². The number of hydrogen-bond acceptors (Lipinski definition) is 2. The first-order valence-electron chi connectivity index (χ1n) is 5.73. The lowest BCUT2D eigenvalue weighted by Gasteiger charge is -2.06. The van der Waals surface area contributed by atoms with E-state index in [2.05, 4.69) is 12.0 Å². The molecule has 4 nitrogen and oxygen atoms in total. The Morgan fingerprint density at radius 1 is 1.53 bits per heavy atom. The number of aliphatic carboxylic acids is 1. The summed E-state index contributed by atoms with van der Waals surface area (Å²) in [4.78, 5) is 11.0. The van der Waals surface area contributed by atoms with Crippen molar-refractivity contribution in [3.63, 3.8) is 0 Å². The normalized spacial score (nSPS) is 12.9. The molecule has 0 aliphatic rings. The Bertz CT molecular complexity index is 572. The molecule has 0 amide bonds. The molecule has 1 atom stereocenters. The lowest BCUT2D eigenvalue weighted by Crippen LogP contribution is -2.07.